The first kappa shape index (κ1) is 103. The SMILES string of the molecule is C=C(C[C@H](Cc1ccc(O)cc1)NC(=O)c1csc([C@@H](C[C@H](C(C)C)N(COCCCCCC)C(=O)C(NC(=O)[C@H]2CCCCN2C)[C@@H](C)CC)OC(C)=O)n1)C(=O)NNC(=O)OCCSSC[C@H](NC(=O)[C@H](CC(=O)O)NC(=O)C(CC(=O)O)NC(=O)Cc1ccc(CNC(=O)NCCCC[C@@H](C)NC(=O)N[C@@H](CCC(=O)O)C(=O)O)cc1)C(=O)O. The minimum absolute atomic E-state index is 0.00738. The van der Waals surface area contributed by atoms with Gasteiger partial charge in [-0.3, -0.25) is 63.1 Å². The average molecular weight is 1770 g/mol. The molecule has 2 unspecified atom stereocenters. The van der Waals surface area contributed by atoms with E-state index in [0.717, 1.165) is 78.0 Å². The number of phenols is 1. The lowest BCUT2D eigenvalue weighted by atomic mass is 9.92. The summed E-state index contributed by atoms with van der Waals surface area (Å²) < 4.78 is 17.3. The van der Waals surface area contributed by atoms with E-state index in [-0.39, 0.29) is 115 Å². The van der Waals surface area contributed by atoms with E-state index >= 15 is 4.79 Å². The number of carboxylic acid groups (broad SMARTS) is 5. The Hall–Kier alpha value is -10.8. The number of aromatic hydroxyl groups is 1. The van der Waals surface area contributed by atoms with Crippen LogP contribution < -0.4 is 58.7 Å². The lowest BCUT2D eigenvalue weighted by Crippen LogP contribution is -2.59. The number of likely N-dealkylation sites (tertiary alicyclic amines) is 1. The summed E-state index contributed by atoms with van der Waals surface area (Å²) in [5.74, 6) is -14.6. The number of rotatable bonds is 56. The van der Waals surface area contributed by atoms with Crippen molar-refractivity contribution in [1.29, 1.82) is 0 Å². The molecule has 1 aromatic heterocycles. The number of carboxylic acids is 5. The van der Waals surface area contributed by atoms with Gasteiger partial charge in [0.15, 0.2) is 6.10 Å². The maximum absolute atomic E-state index is 15.1. The number of amides is 12. The zero-order valence-electron chi connectivity index (χ0n) is 69.9. The maximum Gasteiger partial charge on any atom is 0.426 e. The first-order valence-corrected chi connectivity index (χ1v) is 43.7. The van der Waals surface area contributed by atoms with Gasteiger partial charge in [-0.1, -0.05) is 131 Å². The Morgan fingerprint density at radius 2 is 1.32 bits per heavy atom. The number of urea groups is 2. The Balaban J connectivity index is 1.29. The number of nitrogens with zero attached hydrogens (tertiary/aromatic N) is 3. The molecule has 676 valence electrons. The minimum atomic E-state index is -1.98. The lowest BCUT2D eigenvalue weighted by molar-refractivity contribution is -0.153. The highest BCUT2D eigenvalue weighted by atomic mass is 33.1. The van der Waals surface area contributed by atoms with Gasteiger partial charge in [0.25, 0.3) is 11.8 Å². The van der Waals surface area contributed by atoms with Crippen LogP contribution in [0.3, 0.4) is 0 Å². The predicted molar refractivity (Wildman–Crippen MR) is 449 cm³/mol. The second-order valence-corrected chi connectivity index (χ2v) is 33.4. The number of piperidine rings is 1. The highest BCUT2D eigenvalue weighted by molar-refractivity contribution is 8.76. The van der Waals surface area contributed by atoms with Crippen molar-refractivity contribution in [3.8, 4) is 5.75 Å². The summed E-state index contributed by atoms with van der Waals surface area (Å²) in [6, 6.07) is 0.901. The number of likely N-dealkylation sites (N-methyl/N-ethyl adjacent to an activating group) is 1. The molecule has 12 amide bonds. The Morgan fingerprint density at radius 1 is 0.672 bits per heavy atom. The number of benzene rings is 2. The molecule has 11 atom stereocenters. The number of carbonyl (C=O) groups is 16. The van der Waals surface area contributed by atoms with Crippen molar-refractivity contribution in [2.45, 2.75) is 237 Å². The van der Waals surface area contributed by atoms with E-state index in [2.05, 4.69) is 77.2 Å². The smallest absolute Gasteiger partial charge is 0.426 e. The van der Waals surface area contributed by atoms with Crippen molar-refractivity contribution < 1.29 is 122 Å². The minimum Gasteiger partial charge on any atom is -0.508 e. The first-order valence-electron chi connectivity index (χ1n) is 40.3. The summed E-state index contributed by atoms with van der Waals surface area (Å²) in [5, 5.41) is 81.8. The molecular weight excluding hydrogens is 1650 g/mol. The van der Waals surface area contributed by atoms with Crippen LogP contribution in [0.5, 0.6) is 5.75 Å². The Kier molecular flexibility index (Phi) is 46.9. The van der Waals surface area contributed by atoms with Crippen LogP contribution in [0.4, 0.5) is 14.4 Å². The Labute approximate surface area is 719 Å². The molecule has 1 saturated heterocycles. The molecule has 0 bridgehead atoms. The van der Waals surface area contributed by atoms with Crippen molar-refractivity contribution >= 4 is 128 Å². The van der Waals surface area contributed by atoms with Gasteiger partial charge in [0, 0.05) is 80.0 Å². The number of ether oxygens (including phenoxy) is 3. The molecule has 17 N–H and O–H groups in total. The quantitative estimate of drug-likeness (QED) is 0.00840. The topological polar surface area (TPSA) is 574 Å². The zero-order chi connectivity index (χ0) is 90.5. The maximum atomic E-state index is 15.1. The molecule has 1 aliphatic rings. The van der Waals surface area contributed by atoms with Crippen molar-refractivity contribution in [1.82, 2.24) is 73.5 Å². The number of phenolic OH excluding ortho intramolecular Hbond substituents is 1. The van der Waals surface area contributed by atoms with Crippen molar-refractivity contribution in [3.63, 3.8) is 0 Å². The average Bonchev–Trinajstić information content (AvgIpc) is 1.37. The number of aromatic nitrogens is 1. The van der Waals surface area contributed by atoms with Crippen molar-refractivity contribution in [3.05, 3.63) is 93.5 Å². The summed E-state index contributed by atoms with van der Waals surface area (Å²) in [7, 11) is 3.76. The third-order valence-corrected chi connectivity index (χ3v) is 22.8. The Bertz CT molecular complexity index is 3990. The van der Waals surface area contributed by atoms with Gasteiger partial charge in [-0.15, -0.1) is 11.3 Å². The number of hydrogen-bond acceptors (Lipinski definition) is 25. The van der Waals surface area contributed by atoms with Gasteiger partial charge in [-0.2, -0.15) is 0 Å². The van der Waals surface area contributed by atoms with Crippen LogP contribution in [0.1, 0.15) is 196 Å². The van der Waals surface area contributed by atoms with Gasteiger partial charge in [-0.05, 0) is 119 Å². The van der Waals surface area contributed by atoms with Crippen LogP contribution in [-0.4, -0.2) is 247 Å². The fourth-order valence-corrected chi connectivity index (χ4v) is 15.4. The number of aliphatic carboxylic acids is 5. The number of thiazole rings is 1. The number of hydrogen-bond donors (Lipinski definition) is 17. The summed E-state index contributed by atoms with van der Waals surface area (Å²) >= 11 is 1.05. The van der Waals surface area contributed by atoms with Gasteiger partial charge in [0.1, 0.15) is 60.0 Å². The molecule has 0 aliphatic carbocycles. The van der Waals surface area contributed by atoms with E-state index in [1.165, 1.54) is 36.6 Å². The summed E-state index contributed by atoms with van der Waals surface area (Å²) in [4.78, 5) is 214. The van der Waals surface area contributed by atoms with E-state index in [4.69, 9.17) is 19.3 Å². The summed E-state index contributed by atoms with van der Waals surface area (Å²) in [6.07, 6.45) is 2.80. The molecule has 0 saturated carbocycles. The summed E-state index contributed by atoms with van der Waals surface area (Å²) in [5.41, 5.74) is 5.70. The van der Waals surface area contributed by atoms with Gasteiger partial charge in [0.05, 0.1) is 25.3 Å². The normalized spacial score (nSPS) is 15.0. The largest absolute Gasteiger partial charge is 0.508 e. The molecule has 122 heavy (non-hydrogen) atoms. The van der Waals surface area contributed by atoms with E-state index in [1.54, 1.807) is 36.1 Å². The second kappa shape index (κ2) is 55.2. The number of unbranched alkanes of at least 4 members (excludes halogenated alkanes) is 4. The van der Waals surface area contributed by atoms with E-state index in [0.29, 0.717) is 55.4 Å². The van der Waals surface area contributed by atoms with E-state index in [9.17, 15) is 97.5 Å². The highest BCUT2D eigenvalue weighted by Crippen LogP contribution is 2.33. The molecule has 0 spiro atoms. The molecule has 0 radical (unpaired) electrons. The van der Waals surface area contributed by atoms with Crippen LogP contribution in [-0.2, 0) is 91.1 Å². The standard InChI is InChI=1S/C80H118N14O25S3/c1-10-12-13-18-33-117-45-94(75(109)68(47(5)11-2)90-73(108)61-20-15-17-32-93(61)9)62(46(3)4)41-63(119-50(8)95)74-88-59(43-120-74)72(107)84-54(37-51-25-27-55(96)28-26-51)36-48(6)69(104)91-92-80(116)118-34-35-121-122-44-60(77(112)113)87-71(106)58(40-67(102)103)86-70(105)57(39-66(100)101)85-64(97)38-52-21-23-53(24-22-52)42-82-78(114)81-31-16-14-19-49(7)83-79(115)89-56(76(110)111)29-30-65(98)99/h21-28,43,46-47,49,54,56-58,60-63,68,96H,6,10-20,29-42,44-45H2,1-5,7-9H3,(H,84,107)(H,85,97)(H,86,105)(H,87,106)(H,90,108)(H,91,104)(H,92,116)(H,98,99)(H,100,101)(H,102,103)(H,110,111)(H,112,113)(H2,81,82,114)(H2,83,89,115)/t47-,49+,54+,56-,57?,58-,60-,61+,62+,63+,68?/m0/s1. The summed E-state index contributed by atoms with van der Waals surface area (Å²) in [6.45, 7) is 17.6. The monoisotopic (exact) mass is 1770 g/mol. The molecule has 2 aromatic carbocycles. The molecule has 3 aromatic rings. The number of hydrazine groups is 1. The van der Waals surface area contributed by atoms with Gasteiger partial charge in [0.2, 0.25) is 29.5 Å². The van der Waals surface area contributed by atoms with Crippen LogP contribution in [0.25, 0.3) is 0 Å². The molecule has 1 fully saturated rings. The van der Waals surface area contributed by atoms with Crippen LogP contribution >= 0.6 is 32.9 Å². The van der Waals surface area contributed by atoms with Crippen LogP contribution in [0.2, 0.25) is 0 Å². The molecule has 39 nitrogen and oxygen atoms in total. The third kappa shape index (κ3) is 39.8. The number of esters is 1. The Morgan fingerprint density at radius 3 is 1.93 bits per heavy atom. The van der Waals surface area contributed by atoms with Gasteiger partial charge in [-0.25, -0.2) is 34.4 Å². The second-order valence-electron chi connectivity index (χ2n) is 29.9. The molecule has 1 aliphatic heterocycles. The zero-order valence-corrected chi connectivity index (χ0v) is 72.4. The van der Waals surface area contributed by atoms with Crippen molar-refractivity contribution in [2.75, 3.05) is 51.6 Å². The molecular formula is C80H118N14O25S3. The van der Waals surface area contributed by atoms with Crippen LogP contribution in [0, 0.1) is 11.8 Å². The highest BCUT2D eigenvalue weighted by Gasteiger charge is 2.40. The number of nitrogens with one attached hydrogen (secondary N) is 11. The van der Waals surface area contributed by atoms with Crippen LogP contribution in [0.15, 0.2) is 66.1 Å². The lowest BCUT2D eigenvalue weighted by Gasteiger charge is -2.40. The van der Waals surface area contributed by atoms with E-state index < -0.39 is 164 Å². The van der Waals surface area contributed by atoms with Crippen molar-refractivity contribution in [2.24, 2.45) is 11.8 Å². The number of carbonyl (C=O) groups excluding carboxylic acids is 11. The fraction of sp³-hybridized carbons (Fsp3) is 0.588. The van der Waals surface area contributed by atoms with E-state index in [1.807, 2.05) is 39.6 Å². The predicted octanol–water partition coefficient (Wildman–Crippen LogP) is 5.40. The molecule has 42 heteroatoms. The first-order chi connectivity index (χ1) is 57.9. The molecule has 4 rings (SSSR count). The fourth-order valence-electron chi connectivity index (χ4n) is 12.6. The third-order valence-electron chi connectivity index (χ3n) is 19.5. The van der Waals surface area contributed by atoms with Gasteiger partial charge >= 0.3 is 54.0 Å². The van der Waals surface area contributed by atoms with Gasteiger partial charge < -0.3 is 97.6 Å². The molecule has 2 heterocycles.